The molecule has 23 heavy (non-hydrogen) atoms. The fourth-order valence-corrected chi connectivity index (χ4v) is 2.18. The maximum Gasteiger partial charge on any atom is 0.341 e. The highest BCUT2D eigenvalue weighted by Gasteiger charge is 2.11. The van der Waals surface area contributed by atoms with Crippen LogP contribution in [0.4, 0.5) is 0 Å². The molecular formula is C15H17N5O3. The van der Waals surface area contributed by atoms with E-state index >= 15 is 0 Å². The molecule has 3 N–H and O–H groups in total. The van der Waals surface area contributed by atoms with Crippen LogP contribution in [-0.2, 0) is 6.42 Å². The summed E-state index contributed by atoms with van der Waals surface area (Å²) in [6.07, 6.45) is 0.639. The highest BCUT2D eigenvalue weighted by Crippen LogP contribution is 2.22. The lowest BCUT2D eigenvalue weighted by Crippen LogP contribution is -2.27. The van der Waals surface area contributed by atoms with Crippen molar-refractivity contribution in [2.24, 2.45) is 0 Å². The number of nitrogens with one attached hydrogen (secondary N) is 3. The summed E-state index contributed by atoms with van der Waals surface area (Å²) >= 11 is 0. The van der Waals surface area contributed by atoms with E-state index in [1.165, 1.54) is 0 Å². The Morgan fingerprint density at radius 2 is 2.22 bits per heavy atom. The minimum absolute atomic E-state index is 0.0245. The largest absolute Gasteiger partial charge is 0.440 e. The molecule has 8 nitrogen and oxygen atoms in total. The maximum absolute atomic E-state index is 11.7. The van der Waals surface area contributed by atoms with E-state index in [2.05, 4.69) is 25.5 Å². The lowest BCUT2D eigenvalue weighted by Gasteiger charge is -2.03. The van der Waals surface area contributed by atoms with E-state index in [1.807, 2.05) is 32.0 Å². The molecule has 0 aliphatic carbocycles. The zero-order chi connectivity index (χ0) is 16.4. The van der Waals surface area contributed by atoms with Crippen LogP contribution in [0.25, 0.3) is 11.1 Å². The summed E-state index contributed by atoms with van der Waals surface area (Å²) in [4.78, 5) is 29.4. The summed E-state index contributed by atoms with van der Waals surface area (Å²) in [5, 5.41) is 8.42. The molecule has 0 aliphatic rings. The number of amides is 1. The Bertz CT molecular complexity index is 890. The summed E-state index contributed by atoms with van der Waals surface area (Å²) < 4.78 is 5.66. The van der Waals surface area contributed by atoms with Crippen LogP contribution in [0.1, 0.15) is 41.8 Å². The van der Waals surface area contributed by atoms with Crippen molar-refractivity contribution < 1.29 is 9.21 Å². The summed E-state index contributed by atoms with van der Waals surface area (Å²) in [7, 11) is 0. The third-order valence-corrected chi connectivity index (χ3v) is 3.38. The van der Waals surface area contributed by atoms with Gasteiger partial charge < -0.3 is 9.73 Å². The van der Waals surface area contributed by atoms with Crippen LogP contribution in [0, 0.1) is 0 Å². The number of carbonyl (C=O) groups is 1. The molecule has 0 unspecified atom stereocenters. The standard InChI is InChI=1S/C15H17N5O3/c1-8(2)14-17-10-7-9(3-4-11(10)23-14)5-6-16-13(21)12-18-15(22)20-19-12/h3-4,7-8H,5-6H2,1-2H3,(H,16,21)(H2,18,19,20,22). The first-order valence-electron chi connectivity index (χ1n) is 7.35. The second-order valence-corrected chi connectivity index (χ2v) is 5.54. The molecule has 2 heterocycles. The summed E-state index contributed by atoms with van der Waals surface area (Å²) in [6, 6.07) is 5.78. The van der Waals surface area contributed by atoms with Crippen LogP contribution in [-0.4, -0.2) is 32.6 Å². The van der Waals surface area contributed by atoms with Crippen molar-refractivity contribution in [3.63, 3.8) is 0 Å². The van der Waals surface area contributed by atoms with E-state index in [9.17, 15) is 9.59 Å². The van der Waals surface area contributed by atoms with Gasteiger partial charge in [-0.15, -0.1) is 5.10 Å². The fourth-order valence-electron chi connectivity index (χ4n) is 2.18. The third kappa shape index (κ3) is 3.31. The molecule has 0 saturated heterocycles. The molecule has 0 bridgehead atoms. The molecule has 120 valence electrons. The van der Waals surface area contributed by atoms with Gasteiger partial charge in [-0.3, -0.25) is 9.78 Å². The molecule has 1 amide bonds. The quantitative estimate of drug-likeness (QED) is 0.657. The van der Waals surface area contributed by atoms with Crippen LogP contribution in [0.5, 0.6) is 0 Å². The Labute approximate surface area is 131 Å². The van der Waals surface area contributed by atoms with Crippen LogP contribution in [0.15, 0.2) is 27.4 Å². The van der Waals surface area contributed by atoms with Crippen LogP contribution in [0.3, 0.4) is 0 Å². The van der Waals surface area contributed by atoms with Gasteiger partial charge in [0.05, 0.1) is 0 Å². The van der Waals surface area contributed by atoms with Crippen molar-refractivity contribution in [3.8, 4) is 0 Å². The van der Waals surface area contributed by atoms with Gasteiger partial charge in [-0.1, -0.05) is 19.9 Å². The van der Waals surface area contributed by atoms with E-state index in [0.717, 1.165) is 16.7 Å². The van der Waals surface area contributed by atoms with Crippen molar-refractivity contribution in [3.05, 3.63) is 46.0 Å². The lowest BCUT2D eigenvalue weighted by molar-refractivity contribution is 0.0944. The van der Waals surface area contributed by atoms with Crippen LogP contribution in [0.2, 0.25) is 0 Å². The molecule has 3 rings (SSSR count). The Morgan fingerprint density at radius 3 is 2.91 bits per heavy atom. The fraction of sp³-hybridized carbons (Fsp3) is 0.333. The van der Waals surface area contributed by atoms with Gasteiger partial charge in [0.15, 0.2) is 11.5 Å². The molecule has 1 aromatic carbocycles. The number of hydrogen-bond donors (Lipinski definition) is 3. The number of H-pyrrole nitrogens is 2. The molecule has 3 aromatic rings. The van der Waals surface area contributed by atoms with Crippen LogP contribution < -0.4 is 11.0 Å². The lowest BCUT2D eigenvalue weighted by atomic mass is 10.1. The second kappa shape index (κ2) is 6.07. The summed E-state index contributed by atoms with van der Waals surface area (Å²) in [5.74, 6) is 0.505. The molecule has 0 atom stereocenters. The summed E-state index contributed by atoms with van der Waals surface area (Å²) in [5.41, 5.74) is 2.11. The number of aromatic amines is 2. The smallest absolute Gasteiger partial charge is 0.341 e. The first-order chi connectivity index (χ1) is 11.0. The van der Waals surface area contributed by atoms with E-state index in [-0.39, 0.29) is 11.7 Å². The average Bonchev–Trinajstić information content (AvgIpc) is 3.12. The maximum atomic E-state index is 11.7. The Hall–Kier alpha value is -2.90. The number of carbonyl (C=O) groups excluding carboxylic acids is 1. The molecule has 0 saturated carbocycles. The predicted molar refractivity (Wildman–Crippen MR) is 83.3 cm³/mol. The van der Waals surface area contributed by atoms with E-state index in [1.54, 1.807) is 0 Å². The van der Waals surface area contributed by atoms with Crippen molar-refractivity contribution in [1.82, 2.24) is 25.5 Å². The van der Waals surface area contributed by atoms with E-state index in [4.69, 9.17) is 4.42 Å². The minimum Gasteiger partial charge on any atom is -0.440 e. The zero-order valence-electron chi connectivity index (χ0n) is 12.8. The van der Waals surface area contributed by atoms with Gasteiger partial charge >= 0.3 is 5.69 Å². The first-order valence-corrected chi connectivity index (χ1v) is 7.35. The van der Waals surface area contributed by atoms with Crippen LogP contribution >= 0.6 is 0 Å². The topological polar surface area (TPSA) is 117 Å². The molecule has 0 aliphatic heterocycles. The minimum atomic E-state index is -0.507. The first kappa shape index (κ1) is 15.0. The van der Waals surface area contributed by atoms with Gasteiger partial charge in [0.1, 0.15) is 5.52 Å². The molecule has 0 fully saturated rings. The molecular weight excluding hydrogens is 298 g/mol. The number of hydrogen-bond acceptors (Lipinski definition) is 5. The van der Waals surface area contributed by atoms with Gasteiger partial charge in [-0.25, -0.2) is 14.9 Å². The van der Waals surface area contributed by atoms with E-state index in [0.29, 0.717) is 18.9 Å². The molecule has 8 heteroatoms. The number of aromatic nitrogens is 4. The Balaban J connectivity index is 1.63. The van der Waals surface area contributed by atoms with Crippen molar-refractivity contribution in [2.45, 2.75) is 26.2 Å². The highest BCUT2D eigenvalue weighted by molar-refractivity contribution is 5.90. The predicted octanol–water partition coefficient (Wildman–Crippen LogP) is 1.34. The normalized spacial score (nSPS) is 11.3. The molecule has 2 aromatic heterocycles. The monoisotopic (exact) mass is 315 g/mol. The number of benzene rings is 1. The molecule has 0 radical (unpaired) electrons. The Morgan fingerprint density at radius 1 is 1.39 bits per heavy atom. The number of oxazole rings is 1. The number of nitrogens with zero attached hydrogens (tertiary/aromatic N) is 2. The second-order valence-electron chi connectivity index (χ2n) is 5.54. The SMILES string of the molecule is CC(C)c1nc2cc(CCNC(=O)c3n[nH]c(=O)[nH]3)ccc2o1. The number of rotatable bonds is 5. The summed E-state index contributed by atoms with van der Waals surface area (Å²) in [6.45, 7) is 4.48. The van der Waals surface area contributed by atoms with Gasteiger partial charge in [-0.2, -0.15) is 0 Å². The molecule has 0 spiro atoms. The van der Waals surface area contributed by atoms with Crippen molar-refractivity contribution in [2.75, 3.05) is 6.54 Å². The van der Waals surface area contributed by atoms with Gasteiger partial charge in [0.25, 0.3) is 5.91 Å². The van der Waals surface area contributed by atoms with Crippen molar-refractivity contribution >= 4 is 17.0 Å². The van der Waals surface area contributed by atoms with Gasteiger partial charge in [0, 0.05) is 12.5 Å². The number of fused-ring (bicyclic) bond motifs is 1. The third-order valence-electron chi connectivity index (χ3n) is 3.38. The van der Waals surface area contributed by atoms with Gasteiger partial charge in [0.2, 0.25) is 5.82 Å². The van der Waals surface area contributed by atoms with Crippen molar-refractivity contribution in [1.29, 1.82) is 0 Å². The Kier molecular flexibility index (Phi) is 3.96. The average molecular weight is 315 g/mol. The highest BCUT2D eigenvalue weighted by atomic mass is 16.3. The zero-order valence-corrected chi connectivity index (χ0v) is 12.8. The van der Waals surface area contributed by atoms with E-state index < -0.39 is 11.6 Å². The van der Waals surface area contributed by atoms with Gasteiger partial charge in [-0.05, 0) is 24.1 Å².